The van der Waals surface area contributed by atoms with Crippen molar-refractivity contribution in [3.63, 3.8) is 0 Å². The van der Waals surface area contributed by atoms with E-state index in [0.717, 1.165) is 13.1 Å². The van der Waals surface area contributed by atoms with Crippen LogP contribution >= 0.6 is 12.4 Å². The molecule has 1 heterocycles. The first-order valence-corrected chi connectivity index (χ1v) is 4.79. The standard InChI is InChI=1S/C9H18N2O3.ClH/c1-11(3-4-13-2)9(12)7-14-8-5-10-6-8;/h8,10H,3-7H2,1-2H3;1H. The molecular weight excluding hydrogens is 220 g/mol. The predicted octanol–water partition coefficient (Wildman–Crippen LogP) is -0.499. The van der Waals surface area contributed by atoms with Crippen LogP contribution in [0.2, 0.25) is 0 Å². The van der Waals surface area contributed by atoms with E-state index in [1.165, 1.54) is 0 Å². The highest BCUT2D eigenvalue weighted by atomic mass is 35.5. The Balaban J connectivity index is 0.00000196. The van der Waals surface area contributed by atoms with Crippen LogP contribution in [0, 0.1) is 0 Å². The van der Waals surface area contributed by atoms with Crippen LogP contribution in [-0.2, 0) is 14.3 Å². The number of rotatable bonds is 6. The molecule has 0 unspecified atom stereocenters. The van der Waals surface area contributed by atoms with Gasteiger partial charge < -0.3 is 19.7 Å². The van der Waals surface area contributed by atoms with Crippen molar-refractivity contribution >= 4 is 18.3 Å². The first kappa shape index (κ1) is 14.6. The molecular formula is C9H19ClN2O3. The molecule has 6 heteroatoms. The van der Waals surface area contributed by atoms with E-state index in [4.69, 9.17) is 9.47 Å². The number of hydrogen-bond donors (Lipinski definition) is 1. The number of amides is 1. The topological polar surface area (TPSA) is 50.8 Å². The molecule has 0 aromatic heterocycles. The van der Waals surface area contributed by atoms with Crippen molar-refractivity contribution in [3.05, 3.63) is 0 Å². The summed E-state index contributed by atoms with van der Waals surface area (Å²) in [7, 11) is 3.37. The average Bonchev–Trinajstić information content (AvgIpc) is 2.11. The average molecular weight is 239 g/mol. The fraction of sp³-hybridized carbons (Fsp3) is 0.889. The van der Waals surface area contributed by atoms with Gasteiger partial charge in [0, 0.05) is 33.8 Å². The van der Waals surface area contributed by atoms with E-state index in [1.54, 1.807) is 19.1 Å². The maximum absolute atomic E-state index is 11.4. The molecule has 1 fully saturated rings. The molecule has 0 aromatic rings. The van der Waals surface area contributed by atoms with E-state index in [2.05, 4.69) is 5.32 Å². The van der Waals surface area contributed by atoms with E-state index in [1.807, 2.05) is 0 Å². The minimum Gasteiger partial charge on any atom is -0.383 e. The van der Waals surface area contributed by atoms with Crippen molar-refractivity contribution in [3.8, 4) is 0 Å². The SMILES string of the molecule is COCCN(C)C(=O)COC1CNC1.Cl. The van der Waals surface area contributed by atoms with E-state index < -0.39 is 0 Å². The Kier molecular flexibility index (Phi) is 7.68. The predicted molar refractivity (Wildman–Crippen MR) is 59.4 cm³/mol. The summed E-state index contributed by atoms with van der Waals surface area (Å²) >= 11 is 0. The van der Waals surface area contributed by atoms with Gasteiger partial charge in [-0.05, 0) is 0 Å². The summed E-state index contributed by atoms with van der Waals surface area (Å²) in [6.07, 6.45) is 0.217. The number of hydrogen-bond acceptors (Lipinski definition) is 4. The molecule has 5 nitrogen and oxygen atoms in total. The number of carbonyl (C=O) groups is 1. The van der Waals surface area contributed by atoms with Crippen molar-refractivity contribution in [2.45, 2.75) is 6.10 Å². The zero-order valence-corrected chi connectivity index (χ0v) is 10.0. The van der Waals surface area contributed by atoms with Gasteiger partial charge in [0.15, 0.2) is 0 Å². The zero-order chi connectivity index (χ0) is 10.4. The molecule has 0 aliphatic carbocycles. The van der Waals surface area contributed by atoms with Crippen molar-refractivity contribution in [1.29, 1.82) is 0 Å². The molecule has 1 rings (SSSR count). The molecule has 0 bridgehead atoms. The van der Waals surface area contributed by atoms with Crippen LogP contribution in [-0.4, -0.2) is 63.9 Å². The van der Waals surface area contributed by atoms with E-state index in [0.29, 0.717) is 13.2 Å². The highest BCUT2D eigenvalue weighted by Gasteiger charge is 2.19. The van der Waals surface area contributed by atoms with Crippen molar-refractivity contribution in [1.82, 2.24) is 10.2 Å². The first-order valence-electron chi connectivity index (χ1n) is 4.79. The second-order valence-electron chi connectivity index (χ2n) is 3.40. The first-order chi connectivity index (χ1) is 6.74. The van der Waals surface area contributed by atoms with Gasteiger partial charge in [0.25, 0.3) is 0 Å². The minimum absolute atomic E-state index is 0. The summed E-state index contributed by atoms with van der Waals surface area (Å²) in [5.74, 6) is 0.00829. The normalized spacial score (nSPS) is 15.3. The summed E-state index contributed by atoms with van der Waals surface area (Å²) in [5.41, 5.74) is 0. The fourth-order valence-corrected chi connectivity index (χ4v) is 1.03. The third-order valence-electron chi connectivity index (χ3n) is 2.24. The van der Waals surface area contributed by atoms with Crippen LogP contribution in [0.4, 0.5) is 0 Å². The van der Waals surface area contributed by atoms with Gasteiger partial charge in [-0.25, -0.2) is 0 Å². The van der Waals surface area contributed by atoms with E-state index in [9.17, 15) is 4.79 Å². The third-order valence-corrected chi connectivity index (χ3v) is 2.24. The quantitative estimate of drug-likeness (QED) is 0.678. The van der Waals surface area contributed by atoms with Gasteiger partial charge in [-0.1, -0.05) is 0 Å². The van der Waals surface area contributed by atoms with Crippen LogP contribution in [0.1, 0.15) is 0 Å². The van der Waals surface area contributed by atoms with Crippen LogP contribution in [0.25, 0.3) is 0 Å². The van der Waals surface area contributed by atoms with Gasteiger partial charge >= 0.3 is 0 Å². The summed E-state index contributed by atoms with van der Waals surface area (Å²) in [6, 6.07) is 0. The smallest absolute Gasteiger partial charge is 0.248 e. The van der Waals surface area contributed by atoms with E-state index in [-0.39, 0.29) is 31.0 Å². The molecule has 15 heavy (non-hydrogen) atoms. The molecule has 90 valence electrons. The second-order valence-corrected chi connectivity index (χ2v) is 3.40. The fourth-order valence-electron chi connectivity index (χ4n) is 1.03. The molecule has 1 aliphatic heterocycles. The molecule has 0 radical (unpaired) electrons. The van der Waals surface area contributed by atoms with Crippen LogP contribution in [0.15, 0.2) is 0 Å². The third kappa shape index (κ3) is 5.32. The van der Waals surface area contributed by atoms with E-state index >= 15 is 0 Å². The molecule has 0 atom stereocenters. The van der Waals surface area contributed by atoms with Gasteiger partial charge in [-0.15, -0.1) is 12.4 Å². The van der Waals surface area contributed by atoms with Gasteiger partial charge in [0.2, 0.25) is 5.91 Å². The van der Waals surface area contributed by atoms with Crippen LogP contribution in [0.3, 0.4) is 0 Å². The number of ether oxygens (including phenoxy) is 2. The van der Waals surface area contributed by atoms with Crippen molar-refractivity contribution in [2.24, 2.45) is 0 Å². The van der Waals surface area contributed by atoms with Crippen LogP contribution in [0.5, 0.6) is 0 Å². The maximum atomic E-state index is 11.4. The lowest BCUT2D eigenvalue weighted by Crippen LogP contribution is -2.49. The lowest BCUT2D eigenvalue weighted by molar-refractivity contribution is -0.138. The lowest BCUT2D eigenvalue weighted by atomic mass is 10.2. The van der Waals surface area contributed by atoms with Crippen molar-refractivity contribution in [2.75, 3.05) is 47.0 Å². The Bertz CT molecular complexity index is 188. The number of carbonyl (C=O) groups excluding carboxylic acids is 1. The molecule has 1 aliphatic rings. The van der Waals surface area contributed by atoms with Gasteiger partial charge in [0.1, 0.15) is 6.61 Å². The van der Waals surface area contributed by atoms with Gasteiger partial charge in [-0.3, -0.25) is 4.79 Å². The molecule has 1 saturated heterocycles. The number of halogens is 1. The summed E-state index contributed by atoms with van der Waals surface area (Å²) in [4.78, 5) is 13.0. The number of likely N-dealkylation sites (N-methyl/N-ethyl adjacent to an activating group) is 1. The lowest BCUT2D eigenvalue weighted by Gasteiger charge is -2.27. The molecule has 0 aromatic carbocycles. The van der Waals surface area contributed by atoms with Gasteiger partial charge in [0.05, 0.1) is 12.7 Å². The summed E-state index contributed by atoms with van der Waals surface area (Å²) < 4.78 is 10.2. The highest BCUT2D eigenvalue weighted by Crippen LogP contribution is 1.98. The van der Waals surface area contributed by atoms with Gasteiger partial charge in [-0.2, -0.15) is 0 Å². The Morgan fingerprint density at radius 1 is 1.53 bits per heavy atom. The van der Waals surface area contributed by atoms with Crippen LogP contribution < -0.4 is 5.32 Å². The number of nitrogens with zero attached hydrogens (tertiary/aromatic N) is 1. The Labute approximate surface area is 96.5 Å². The molecule has 0 saturated carbocycles. The molecule has 1 amide bonds. The number of nitrogens with one attached hydrogen (secondary N) is 1. The second kappa shape index (κ2) is 7.87. The largest absolute Gasteiger partial charge is 0.383 e. The monoisotopic (exact) mass is 238 g/mol. The van der Waals surface area contributed by atoms with Crippen molar-refractivity contribution < 1.29 is 14.3 Å². The minimum atomic E-state index is 0. The molecule has 1 N–H and O–H groups in total. The maximum Gasteiger partial charge on any atom is 0.248 e. The summed E-state index contributed by atoms with van der Waals surface area (Å²) in [6.45, 7) is 3.06. The molecule has 0 spiro atoms. The zero-order valence-electron chi connectivity index (χ0n) is 9.19. The Morgan fingerprint density at radius 2 is 2.20 bits per heavy atom. The Morgan fingerprint density at radius 3 is 2.67 bits per heavy atom. The summed E-state index contributed by atoms with van der Waals surface area (Å²) in [5, 5.41) is 3.08. The highest BCUT2D eigenvalue weighted by molar-refractivity contribution is 5.85. The Hall–Kier alpha value is -0.360. The number of methoxy groups -OCH3 is 1.